The molecule has 0 aliphatic heterocycles. The number of nitrogens with zero attached hydrogens (tertiary/aromatic N) is 2. The van der Waals surface area contributed by atoms with Crippen LogP contribution in [-0.4, -0.2) is 31.9 Å². The monoisotopic (exact) mass is 483 g/mol. The smallest absolute Gasteiger partial charge is 0.269 e. The van der Waals surface area contributed by atoms with E-state index in [-0.39, 0.29) is 28.9 Å². The minimum Gasteiger partial charge on any atom is -0.491 e. The SMILES string of the molecule is CC(C)Oc1ccc(CNC(=O)CN(c2ccc([N+](=O)[O-])cc2)S(=O)(=O)c2ccccc2)cc1. The van der Waals surface area contributed by atoms with E-state index in [9.17, 15) is 23.3 Å². The molecule has 0 aromatic heterocycles. The van der Waals surface area contributed by atoms with Gasteiger partial charge < -0.3 is 10.1 Å². The van der Waals surface area contributed by atoms with Crippen molar-refractivity contribution >= 4 is 27.3 Å². The summed E-state index contributed by atoms with van der Waals surface area (Å²) in [5.41, 5.74) is 0.771. The number of hydrogen-bond donors (Lipinski definition) is 1. The van der Waals surface area contributed by atoms with Crippen molar-refractivity contribution in [1.82, 2.24) is 5.32 Å². The number of non-ortho nitro benzene ring substituents is 1. The highest BCUT2D eigenvalue weighted by Gasteiger charge is 2.27. The van der Waals surface area contributed by atoms with E-state index in [0.717, 1.165) is 9.87 Å². The normalized spacial score (nSPS) is 11.1. The molecule has 34 heavy (non-hydrogen) atoms. The molecule has 0 radical (unpaired) electrons. The lowest BCUT2D eigenvalue weighted by Gasteiger charge is -2.24. The van der Waals surface area contributed by atoms with Crippen molar-refractivity contribution in [3.63, 3.8) is 0 Å². The van der Waals surface area contributed by atoms with Gasteiger partial charge in [-0.3, -0.25) is 19.2 Å². The molecule has 0 spiro atoms. The fraction of sp³-hybridized carbons (Fsp3) is 0.208. The topological polar surface area (TPSA) is 119 Å². The van der Waals surface area contributed by atoms with Crippen molar-refractivity contribution in [3.8, 4) is 5.75 Å². The second-order valence-electron chi connectivity index (χ2n) is 7.69. The van der Waals surface area contributed by atoms with Crippen LogP contribution in [0.2, 0.25) is 0 Å². The molecule has 0 bridgehead atoms. The van der Waals surface area contributed by atoms with Gasteiger partial charge in [0.05, 0.1) is 21.6 Å². The first-order chi connectivity index (χ1) is 16.2. The Bertz CT molecular complexity index is 1230. The number of nitro benzene ring substituents is 1. The maximum absolute atomic E-state index is 13.3. The van der Waals surface area contributed by atoms with Crippen LogP contribution in [0.15, 0.2) is 83.8 Å². The number of benzene rings is 3. The minimum atomic E-state index is -4.10. The Morgan fingerprint density at radius 2 is 1.62 bits per heavy atom. The predicted octanol–water partition coefficient (Wildman–Crippen LogP) is 3.89. The van der Waals surface area contributed by atoms with E-state index in [1.807, 2.05) is 26.0 Å². The summed E-state index contributed by atoms with van der Waals surface area (Å²) in [5.74, 6) is 0.184. The number of nitrogens with one attached hydrogen (secondary N) is 1. The summed E-state index contributed by atoms with van der Waals surface area (Å²) in [4.78, 5) is 23.1. The second-order valence-corrected chi connectivity index (χ2v) is 9.55. The van der Waals surface area contributed by atoms with Gasteiger partial charge in [0.1, 0.15) is 12.3 Å². The number of hydrogen-bond acceptors (Lipinski definition) is 6. The minimum absolute atomic E-state index is 0.00175. The highest BCUT2D eigenvalue weighted by Crippen LogP contribution is 2.25. The van der Waals surface area contributed by atoms with E-state index in [4.69, 9.17) is 4.74 Å². The summed E-state index contributed by atoms with van der Waals surface area (Å²) in [7, 11) is -4.10. The quantitative estimate of drug-likeness (QED) is 0.345. The maximum atomic E-state index is 13.3. The molecule has 3 aromatic rings. The first-order valence-corrected chi connectivity index (χ1v) is 12.0. The number of rotatable bonds is 10. The van der Waals surface area contributed by atoms with Gasteiger partial charge in [0.2, 0.25) is 5.91 Å². The van der Waals surface area contributed by atoms with Crippen LogP contribution >= 0.6 is 0 Å². The fourth-order valence-electron chi connectivity index (χ4n) is 3.12. The molecule has 3 aromatic carbocycles. The van der Waals surface area contributed by atoms with Crippen molar-refractivity contribution in [2.75, 3.05) is 10.8 Å². The number of carbonyl (C=O) groups excluding carboxylic acids is 1. The standard InChI is InChI=1S/C24H25N3O6S/c1-18(2)33-22-14-8-19(9-15-22)16-25-24(28)17-26(20-10-12-21(13-11-20)27(29)30)34(31,32)23-6-4-3-5-7-23/h3-15,18H,16-17H2,1-2H3,(H,25,28). The molecule has 0 fully saturated rings. The third kappa shape index (κ3) is 6.32. The maximum Gasteiger partial charge on any atom is 0.269 e. The summed E-state index contributed by atoms with van der Waals surface area (Å²) in [6.07, 6.45) is 0.0440. The van der Waals surface area contributed by atoms with Gasteiger partial charge in [-0.1, -0.05) is 30.3 Å². The molecule has 1 amide bonds. The van der Waals surface area contributed by atoms with Gasteiger partial charge in [-0.05, 0) is 55.8 Å². The molecular formula is C24H25N3O6S. The molecule has 0 heterocycles. The molecule has 3 rings (SSSR count). The lowest BCUT2D eigenvalue weighted by atomic mass is 10.2. The molecule has 178 valence electrons. The van der Waals surface area contributed by atoms with Gasteiger partial charge in [0.25, 0.3) is 15.7 Å². The third-order valence-electron chi connectivity index (χ3n) is 4.75. The van der Waals surface area contributed by atoms with E-state index in [1.54, 1.807) is 30.3 Å². The van der Waals surface area contributed by atoms with Crippen molar-refractivity contribution in [2.45, 2.75) is 31.4 Å². The van der Waals surface area contributed by atoms with Crippen LogP contribution in [0.5, 0.6) is 5.75 Å². The van der Waals surface area contributed by atoms with Gasteiger partial charge in [-0.2, -0.15) is 0 Å². The Labute approximate surface area is 198 Å². The van der Waals surface area contributed by atoms with Gasteiger partial charge >= 0.3 is 0 Å². The van der Waals surface area contributed by atoms with Gasteiger partial charge in [0, 0.05) is 18.7 Å². The van der Waals surface area contributed by atoms with Crippen LogP contribution < -0.4 is 14.4 Å². The zero-order chi connectivity index (χ0) is 24.7. The molecule has 9 nitrogen and oxygen atoms in total. The molecule has 10 heteroatoms. The number of sulfonamides is 1. The molecule has 0 aliphatic carbocycles. The highest BCUT2D eigenvalue weighted by atomic mass is 32.2. The first-order valence-electron chi connectivity index (χ1n) is 10.5. The average molecular weight is 484 g/mol. The van der Waals surface area contributed by atoms with Crippen molar-refractivity contribution in [1.29, 1.82) is 0 Å². The largest absolute Gasteiger partial charge is 0.491 e. The van der Waals surface area contributed by atoms with Crippen LogP contribution in [0.3, 0.4) is 0 Å². The summed E-state index contributed by atoms with van der Waals surface area (Å²) in [6.45, 7) is 3.55. The zero-order valence-corrected chi connectivity index (χ0v) is 19.6. The number of anilines is 1. The first kappa shape index (κ1) is 24.7. The Morgan fingerprint density at radius 3 is 2.18 bits per heavy atom. The van der Waals surface area contributed by atoms with Gasteiger partial charge in [0.15, 0.2) is 0 Å². The molecule has 1 N–H and O–H groups in total. The lowest BCUT2D eigenvalue weighted by Crippen LogP contribution is -2.40. The molecule has 0 unspecified atom stereocenters. The Hall–Kier alpha value is -3.92. The summed E-state index contributed by atoms with van der Waals surface area (Å²) in [6, 6.07) is 19.9. The summed E-state index contributed by atoms with van der Waals surface area (Å²) >= 11 is 0. The zero-order valence-electron chi connectivity index (χ0n) is 18.7. The molecule has 0 aliphatic rings. The van der Waals surface area contributed by atoms with Crippen LogP contribution in [0.4, 0.5) is 11.4 Å². The van der Waals surface area contributed by atoms with E-state index < -0.39 is 27.4 Å². The third-order valence-corrected chi connectivity index (χ3v) is 6.54. The van der Waals surface area contributed by atoms with Crippen molar-refractivity contribution < 1.29 is 22.9 Å². The van der Waals surface area contributed by atoms with Crippen LogP contribution in [0.1, 0.15) is 19.4 Å². The fourth-order valence-corrected chi connectivity index (χ4v) is 4.56. The van der Waals surface area contributed by atoms with E-state index >= 15 is 0 Å². The van der Waals surface area contributed by atoms with Crippen molar-refractivity contribution in [2.24, 2.45) is 0 Å². The second kappa shape index (κ2) is 10.8. The molecular weight excluding hydrogens is 458 g/mol. The summed E-state index contributed by atoms with van der Waals surface area (Å²) < 4.78 is 33.1. The lowest BCUT2D eigenvalue weighted by molar-refractivity contribution is -0.384. The highest BCUT2D eigenvalue weighted by molar-refractivity contribution is 7.92. The van der Waals surface area contributed by atoms with Gasteiger partial charge in [-0.15, -0.1) is 0 Å². The number of nitro groups is 1. The predicted molar refractivity (Wildman–Crippen MR) is 128 cm³/mol. The molecule has 0 saturated carbocycles. The molecule has 0 saturated heterocycles. The van der Waals surface area contributed by atoms with E-state index in [0.29, 0.717) is 5.75 Å². The summed E-state index contributed by atoms with van der Waals surface area (Å²) in [5, 5.41) is 13.7. The molecule has 0 atom stereocenters. The van der Waals surface area contributed by atoms with Crippen LogP contribution in [0, 0.1) is 10.1 Å². The van der Waals surface area contributed by atoms with Crippen molar-refractivity contribution in [3.05, 3.63) is 94.5 Å². The van der Waals surface area contributed by atoms with E-state index in [2.05, 4.69) is 5.32 Å². The number of carbonyl (C=O) groups is 1. The van der Waals surface area contributed by atoms with Crippen LogP contribution in [0.25, 0.3) is 0 Å². The Balaban J connectivity index is 1.78. The van der Waals surface area contributed by atoms with E-state index in [1.165, 1.54) is 36.4 Å². The average Bonchev–Trinajstić information content (AvgIpc) is 2.82. The van der Waals surface area contributed by atoms with Gasteiger partial charge in [-0.25, -0.2) is 8.42 Å². The Kier molecular flexibility index (Phi) is 7.85. The Morgan fingerprint density at radius 1 is 1.00 bits per heavy atom. The van der Waals surface area contributed by atoms with Crippen LogP contribution in [-0.2, 0) is 21.4 Å². The number of ether oxygens (including phenoxy) is 1. The number of amides is 1.